The molecule has 1 amide bonds. The van der Waals surface area contributed by atoms with E-state index in [2.05, 4.69) is 41.2 Å². The molecule has 1 atom stereocenters. The molecule has 0 bridgehead atoms. The van der Waals surface area contributed by atoms with Gasteiger partial charge in [-0.2, -0.15) is 0 Å². The lowest BCUT2D eigenvalue weighted by Gasteiger charge is -2.39. The normalized spacial score (nSPS) is 21.9. The molecule has 0 radical (unpaired) electrons. The van der Waals surface area contributed by atoms with Crippen molar-refractivity contribution in [3.8, 4) is 0 Å². The molecule has 6 heteroatoms. The number of hydrogen-bond acceptors (Lipinski definition) is 4. The summed E-state index contributed by atoms with van der Waals surface area (Å²) in [6.45, 7) is 2.67. The van der Waals surface area contributed by atoms with E-state index in [1.54, 1.807) is 12.5 Å². The van der Waals surface area contributed by atoms with Crippen molar-refractivity contribution in [3.63, 3.8) is 0 Å². The SMILES string of the molecule is CN(c1ccccc1)[C@@H]1COC2(CCN(C(=O)Cn3ccnc3)CC2)C1. The Kier molecular flexibility index (Phi) is 4.68. The molecule has 4 rings (SSSR count). The van der Waals surface area contributed by atoms with Crippen LogP contribution in [0.5, 0.6) is 0 Å². The molecule has 0 unspecified atom stereocenters. The summed E-state index contributed by atoms with van der Waals surface area (Å²) >= 11 is 0. The monoisotopic (exact) mass is 354 g/mol. The van der Waals surface area contributed by atoms with Gasteiger partial charge in [0, 0.05) is 38.2 Å². The molecule has 0 aliphatic carbocycles. The van der Waals surface area contributed by atoms with Crippen molar-refractivity contribution in [2.45, 2.75) is 37.5 Å². The molecular weight excluding hydrogens is 328 g/mol. The number of rotatable bonds is 4. The van der Waals surface area contributed by atoms with Gasteiger partial charge in [0.1, 0.15) is 6.54 Å². The zero-order valence-electron chi connectivity index (χ0n) is 15.3. The molecule has 2 aliphatic heterocycles. The van der Waals surface area contributed by atoms with E-state index in [-0.39, 0.29) is 11.5 Å². The molecule has 0 saturated carbocycles. The van der Waals surface area contributed by atoms with E-state index < -0.39 is 0 Å². The van der Waals surface area contributed by atoms with Gasteiger partial charge in [0.2, 0.25) is 5.91 Å². The number of para-hydroxylation sites is 1. The van der Waals surface area contributed by atoms with E-state index in [1.807, 2.05) is 21.7 Å². The van der Waals surface area contributed by atoms with Gasteiger partial charge in [-0.3, -0.25) is 4.79 Å². The topological polar surface area (TPSA) is 50.6 Å². The Morgan fingerprint density at radius 3 is 2.77 bits per heavy atom. The van der Waals surface area contributed by atoms with Crippen molar-refractivity contribution >= 4 is 11.6 Å². The van der Waals surface area contributed by atoms with Gasteiger partial charge < -0.3 is 19.1 Å². The fraction of sp³-hybridized carbons (Fsp3) is 0.500. The number of carbonyl (C=O) groups excluding carboxylic acids is 1. The Bertz CT molecular complexity index is 724. The molecule has 1 spiro atoms. The first-order valence-corrected chi connectivity index (χ1v) is 9.31. The van der Waals surface area contributed by atoms with Crippen molar-refractivity contribution in [3.05, 3.63) is 49.1 Å². The number of likely N-dealkylation sites (N-methyl/N-ethyl adjacent to an activating group) is 1. The molecule has 2 aromatic rings. The van der Waals surface area contributed by atoms with E-state index in [1.165, 1.54) is 5.69 Å². The molecule has 138 valence electrons. The number of benzene rings is 1. The van der Waals surface area contributed by atoms with Crippen molar-refractivity contribution in [2.75, 3.05) is 31.6 Å². The van der Waals surface area contributed by atoms with Gasteiger partial charge in [-0.25, -0.2) is 4.98 Å². The van der Waals surface area contributed by atoms with Gasteiger partial charge in [0.15, 0.2) is 0 Å². The van der Waals surface area contributed by atoms with E-state index >= 15 is 0 Å². The Morgan fingerprint density at radius 2 is 2.08 bits per heavy atom. The summed E-state index contributed by atoms with van der Waals surface area (Å²) in [7, 11) is 2.14. The third-order valence-corrected chi connectivity index (χ3v) is 5.81. The predicted octanol–water partition coefficient (Wildman–Crippen LogP) is 2.17. The minimum Gasteiger partial charge on any atom is -0.373 e. The van der Waals surface area contributed by atoms with Gasteiger partial charge in [-0.15, -0.1) is 0 Å². The zero-order valence-corrected chi connectivity index (χ0v) is 15.3. The van der Waals surface area contributed by atoms with Crippen LogP contribution in [0.3, 0.4) is 0 Å². The molecule has 2 saturated heterocycles. The average Bonchev–Trinajstić information content (AvgIpc) is 3.33. The summed E-state index contributed by atoms with van der Waals surface area (Å²) in [4.78, 5) is 20.7. The summed E-state index contributed by atoms with van der Waals surface area (Å²) in [6.07, 6.45) is 8.08. The number of amides is 1. The fourth-order valence-corrected chi connectivity index (χ4v) is 4.09. The average molecular weight is 354 g/mol. The van der Waals surface area contributed by atoms with Crippen molar-refractivity contribution in [2.24, 2.45) is 0 Å². The Morgan fingerprint density at radius 1 is 1.31 bits per heavy atom. The van der Waals surface area contributed by atoms with Crippen LogP contribution in [0.2, 0.25) is 0 Å². The van der Waals surface area contributed by atoms with Crippen molar-refractivity contribution < 1.29 is 9.53 Å². The van der Waals surface area contributed by atoms with Crippen molar-refractivity contribution in [1.82, 2.24) is 14.5 Å². The number of carbonyl (C=O) groups is 1. The van der Waals surface area contributed by atoms with Crippen LogP contribution < -0.4 is 4.90 Å². The molecule has 0 N–H and O–H groups in total. The van der Waals surface area contributed by atoms with Gasteiger partial charge >= 0.3 is 0 Å². The van der Waals surface area contributed by atoms with Crippen molar-refractivity contribution in [1.29, 1.82) is 0 Å². The van der Waals surface area contributed by atoms with Crippen LogP contribution in [0.25, 0.3) is 0 Å². The smallest absolute Gasteiger partial charge is 0.242 e. The molecule has 6 nitrogen and oxygen atoms in total. The highest BCUT2D eigenvalue weighted by Crippen LogP contribution is 2.38. The maximum Gasteiger partial charge on any atom is 0.242 e. The summed E-state index contributed by atoms with van der Waals surface area (Å²) in [6, 6.07) is 10.9. The van der Waals surface area contributed by atoms with Crippen LogP contribution in [-0.4, -0.2) is 58.7 Å². The Hall–Kier alpha value is -2.34. The zero-order chi connectivity index (χ0) is 18.0. The second kappa shape index (κ2) is 7.11. The number of nitrogens with zero attached hydrogens (tertiary/aromatic N) is 4. The Labute approximate surface area is 154 Å². The Balaban J connectivity index is 1.32. The minimum absolute atomic E-state index is 0.0699. The first-order chi connectivity index (χ1) is 12.7. The number of aromatic nitrogens is 2. The summed E-state index contributed by atoms with van der Waals surface area (Å²) in [5.41, 5.74) is 1.16. The van der Waals surface area contributed by atoms with Crippen LogP contribution in [0, 0.1) is 0 Å². The molecule has 2 fully saturated rings. The fourth-order valence-electron chi connectivity index (χ4n) is 4.09. The molecule has 1 aromatic heterocycles. The van der Waals surface area contributed by atoms with Crippen LogP contribution in [0.15, 0.2) is 49.1 Å². The number of hydrogen-bond donors (Lipinski definition) is 0. The predicted molar refractivity (Wildman–Crippen MR) is 100.0 cm³/mol. The number of piperidine rings is 1. The molecule has 26 heavy (non-hydrogen) atoms. The third kappa shape index (κ3) is 3.46. The van der Waals surface area contributed by atoms with Gasteiger partial charge in [0.25, 0.3) is 0 Å². The van der Waals surface area contributed by atoms with Gasteiger partial charge in [-0.1, -0.05) is 18.2 Å². The molecule has 3 heterocycles. The van der Waals surface area contributed by atoms with E-state index in [9.17, 15) is 4.79 Å². The second-order valence-electron chi connectivity index (χ2n) is 7.41. The first-order valence-electron chi connectivity index (χ1n) is 9.31. The van der Waals surface area contributed by atoms with Crippen LogP contribution >= 0.6 is 0 Å². The highest BCUT2D eigenvalue weighted by Gasteiger charge is 2.44. The van der Waals surface area contributed by atoms with Crippen LogP contribution in [0.1, 0.15) is 19.3 Å². The lowest BCUT2D eigenvalue weighted by molar-refractivity contribution is -0.136. The van der Waals surface area contributed by atoms with Gasteiger partial charge in [-0.05, 0) is 31.4 Å². The summed E-state index contributed by atoms with van der Waals surface area (Å²) in [5.74, 6) is 0.161. The summed E-state index contributed by atoms with van der Waals surface area (Å²) < 4.78 is 8.10. The largest absolute Gasteiger partial charge is 0.373 e. The van der Waals surface area contributed by atoms with E-state index in [0.717, 1.165) is 39.0 Å². The highest BCUT2D eigenvalue weighted by molar-refractivity contribution is 5.76. The number of anilines is 1. The number of imidazole rings is 1. The number of likely N-dealkylation sites (tertiary alicyclic amines) is 1. The summed E-state index contributed by atoms with van der Waals surface area (Å²) in [5, 5.41) is 0. The van der Waals surface area contributed by atoms with Crippen LogP contribution in [0.4, 0.5) is 5.69 Å². The van der Waals surface area contributed by atoms with Crippen LogP contribution in [-0.2, 0) is 16.1 Å². The second-order valence-corrected chi connectivity index (χ2v) is 7.41. The van der Waals surface area contributed by atoms with E-state index in [0.29, 0.717) is 12.6 Å². The lowest BCUT2D eigenvalue weighted by atomic mass is 9.87. The lowest BCUT2D eigenvalue weighted by Crippen LogP contribution is -2.47. The quantitative estimate of drug-likeness (QED) is 0.844. The molecular formula is C20H26N4O2. The standard InChI is InChI=1S/C20H26N4O2/c1-22(17-5-3-2-4-6-17)18-13-20(26-15-18)7-10-24(11-8-20)19(25)14-23-12-9-21-16-23/h2-6,9,12,16,18H,7-8,10-11,13-15H2,1H3/t18-/m0/s1. The minimum atomic E-state index is -0.0699. The number of ether oxygens (including phenoxy) is 1. The first kappa shape index (κ1) is 17.1. The van der Waals surface area contributed by atoms with Gasteiger partial charge in [0.05, 0.1) is 24.6 Å². The maximum absolute atomic E-state index is 12.5. The van der Waals surface area contributed by atoms with E-state index in [4.69, 9.17) is 4.74 Å². The maximum atomic E-state index is 12.5. The molecule has 1 aromatic carbocycles. The third-order valence-electron chi connectivity index (χ3n) is 5.81. The highest BCUT2D eigenvalue weighted by atomic mass is 16.5. The molecule has 2 aliphatic rings.